The van der Waals surface area contributed by atoms with E-state index in [9.17, 15) is 18.0 Å². The van der Waals surface area contributed by atoms with Crippen LogP contribution in [0.3, 0.4) is 0 Å². The first kappa shape index (κ1) is 14.8. The van der Waals surface area contributed by atoms with Gasteiger partial charge in [-0.1, -0.05) is 24.9 Å². The molecule has 1 rings (SSSR count). The molecule has 0 saturated heterocycles. The van der Waals surface area contributed by atoms with Crippen LogP contribution in [-0.2, 0) is 11.0 Å². The van der Waals surface area contributed by atoms with E-state index in [1.807, 2.05) is 6.92 Å². The van der Waals surface area contributed by atoms with Crippen molar-refractivity contribution in [2.45, 2.75) is 32.4 Å². The SMILES string of the molecule is CCCCC(=O)Nc1ccc(Cl)c(C(F)(F)F)c1. The zero-order valence-corrected chi connectivity index (χ0v) is 10.5. The normalized spacial score (nSPS) is 11.4. The quantitative estimate of drug-likeness (QED) is 0.864. The van der Waals surface area contributed by atoms with Gasteiger partial charge in [-0.15, -0.1) is 0 Å². The fourth-order valence-corrected chi connectivity index (χ4v) is 1.61. The zero-order chi connectivity index (χ0) is 13.8. The minimum atomic E-state index is -4.53. The van der Waals surface area contributed by atoms with Crippen molar-refractivity contribution in [3.63, 3.8) is 0 Å². The number of rotatable bonds is 4. The number of hydrogen-bond acceptors (Lipinski definition) is 1. The van der Waals surface area contributed by atoms with Crippen LogP contribution in [0.25, 0.3) is 0 Å². The number of carbonyl (C=O) groups excluding carboxylic acids is 1. The number of hydrogen-bond donors (Lipinski definition) is 1. The second-order valence-electron chi connectivity index (χ2n) is 3.84. The van der Waals surface area contributed by atoms with E-state index in [4.69, 9.17) is 11.6 Å². The van der Waals surface area contributed by atoms with Gasteiger partial charge in [0.05, 0.1) is 10.6 Å². The lowest BCUT2D eigenvalue weighted by atomic mass is 10.2. The van der Waals surface area contributed by atoms with Gasteiger partial charge in [0.1, 0.15) is 0 Å². The number of benzene rings is 1. The summed E-state index contributed by atoms with van der Waals surface area (Å²) in [6.07, 6.45) is -2.69. The average Bonchev–Trinajstić information content (AvgIpc) is 2.27. The number of unbranched alkanes of at least 4 members (excludes halogenated alkanes) is 1. The Morgan fingerprint density at radius 3 is 2.61 bits per heavy atom. The van der Waals surface area contributed by atoms with E-state index in [0.717, 1.165) is 18.6 Å². The van der Waals surface area contributed by atoms with Crippen molar-refractivity contribution in [1.29, 1.82) is 0 Å². The molecule has 0 atom stereocenters. The summed E-state index contributed by atoms with van der Waals surface area (Å²) in [5.74, 6) is -0.299. The Morgan fingerprint density at radius 1 is 1.39 bits per heavy atom. The highest BCUT2D eigenvalue weighted by atomic mass is 35.5. The van der Waals surface area contributed by atoms with Gasteiger partial charge in [0, 0.05) is 12.1 Å². The molecule has 0 spiro atoms. The molecule has 18 heavy (non-hydrogen) atoms. The molecule has 0 aliphatic carbocycles. The topological polar surface area (TPSA) is 29.1 Å². The van der Waals surface area contributed by atoms with Gasteiger partial charge in [-0.05, 0) is 24.6 Å². The molecule has 0 fully saturated rings. The third kappa shape index (κ3) is 4.22. The van der Waals surface area contributed by atoms with E-state index < -0.39 is 11.7 Å². The van der Waals surface area contributed by atoms with Crippen LogP contribution in [0, 0.1) is 0 Å². The van der Waals surface area contributed by atoms with Gasteiger partial charge < -0.3 is 5.32 Å². The molecule has 0 saturated carbocycles. The number of anilines is 1. The van der Waals surface area contributed by atoms with E-state index >= 15 is 0 Å². The van der Waals surface area contributed by atoms with Gasteiger partial charge in [-0.25, -0.2) is 0 Å². The largest absolute Gasteiger partial charge is 0.417 e. The lowest BCUT2D eigenvalue weighted by Gasteiger charge is -2.11. The van der Waals surface area contributed by atoms with Crippen LogP contribution < -0.4 is 5.32 Å². The Kier molecular flexibility index (Phi) is 5.02. The Labute approximate surface area is 108 Å². The number of halogens is 4. The molecule has 1 N–H and O–H groups in total. The Hall–Kier alpha value is -1.23. The molecule has 100 valence electrons. The number of alkyl halides is 3. The van der Waals surface area contributed by atoms with Crippen LogP contribution in [0.5, 0.6) is 0 Å². The second kappa shape index (κ2) is 6.09. The minimum absolute atomic E-state index is 0.104. The van der Waals surface area contributed by atoms with Crippen LogP contribution in [-0.4, -0.2) is 5.91 Å². The third-order valence-electron chi connectivity index (χ3n) is 2.31. The maximum Gasteiger partial charge on any atom is 0.417 e. The predicted octanol–water partition coefficient (Wildman–Crippen LogP) is 4.49. The van der Waals surface area contributed by atoms with Crippen LogP contribution in [0.15, 0.2) is 18.2 Å². The molecule has 1 aromatic carbocycles. The summed E-state index contributed by atoms with van der Waals surface area (Å²) in [6, 6.07) is 3.31. The highest BCUT2D eigenvalue weighted by Gasteiger charge is 2.33. The Bertz CT molecular complexity index is 432. The van der Waals surface area contributed by atoms with E-state index in [2.05, 4.69) is 5.32 Å². The van der Waals surface area contributed by atoms with Gasteiger partial charge in [0.15, 0.2) is 0 Å². The third-order valence-corrected chi connectivity index (χ3v) is 2.64. The van der Waals surface area contributed by atoms with Crippen molar-refractivity contribution in [2.75, 3.05) is 5.32 Å². The average molecular weight is 280 g/mol. The van der Waals surface area contributed by atoms with Crippen molar-refractivity contribution in [2.24, 2.45) is 0 Å². The summed E-state index contributed by atoms with van der Waals surface area (Å²) in [6.45, 7) is 1.93. The summed E-state index contributed by atoms with van der Waals surface area (Å²) >= 11 is 5.47. The summed E-state index contributed by atoms with van der Waals surface area (Å²) in [4.78, 5) is 11.4. The van der Waals surface area contributed by atoms with Crippen molar-refractivity contribution >= 4 is 23.2 Å². The van der Waals surface area contributed by atoms with Gasteiger partial charge in [-0.2, -0.15) is 13.2 Å². The summed E-state index contributed by atoms with van der Waals surface area (Å²) < 4.78 is 37.7. The molecular formula is C12H13ClF3NO. The van der Waals surface area contributed by atoms with Crippen LogP contribution in [0.4, 0.5) is 18.9 Å². The van der Waals surface area contributed by atoms with E-state index in [-0.39, 0.29) is 16.6 Å². The first-order chi connectivity index (χ1) is 8.34. The smallest absolute Gasteiger partial charge is 0.326 e. The summed E-state index contributed by atoms with van der Waals surface area (Å²) in [7, 11) is 0. The van der Waals surface area contributed by atoms with Crippen LogP contribution >= 0.6 is 11.6 Å². The van der Waals surface area contributed by atoms with E-state index in [1.165, 1.54) is 6.07 Å². The second-order valence-corrected chi connectivity index (χ2v) is 4.25. The van der Waals surface area contributed by atoms with Crippen molar-refractivity contribution < 1.29 is 18.0 Å². The van der Waals surface area contributed by atoms with Gasteiger partial charge in [-0.3, -0.25) is 4.79 Å². The van der Waals surface area contributed by atoms with E-state index in [1.54, 1.807) is 0 Å². The maximum absolute atomic E-state index is 12.6. The van der Waals surface area contributed by atoms with Crippen LogP contribution in [0.2, 0.25) is 5.02 Å². The van der Waals surface area contributed by atoms with Crippen molar-refractivity contribution in [3.8, 4) is 0 Å². The lowest BCUT2D eigenvalue weighted by Crippen LogP contribution is -2.12. The Balaban J connectivity index is 2.83. The molecule has 0 heterocycles. The Morgan fingerprint density at radius 2 is 2.06 bits per heavy atom. The molecule has 0 aliphatic rings. The first-order valence-corrected chi connectivity index (χ1v) is 5.89. The molecule has 1 aromatic rings. The molecule has 0 aliphatic heterocycles. The van der Waals surface area contributed by atoms with Gasteiger partial charge in [0.2, 0.25) is 5.91 Å². The molecule has 2 nitrogen and oxygen atoms in total. The molecule has 1 amide bonds. The highest BCUT2D eigenvalue weighted by Crippen LogP contribution is 2.36. The van der Waals surface area contributed by atoms with Crippen molar-refractivity contribution in [1.82, 2.24) is 0 Å². The number of amides is 1. The summed E-state index contributed by atoms with van der Waals surface area (Å²) in [5.41, 5.74) is -0.842. The molecule has 0 bridgehead atoms. The molecular weight excluding hydrogens is 267 g/mol. The molecule has 0 aromatic heterocycles. The molecule has 0 unspecified atom stereocenters. The molecule has 6 heteroatoms. The lowest BCUT2D eigenvalue weighted by molar-refractivity contribution is -0.137. The number of carbonyl (C=O) groups is 1. The first-order valence-electron chi connectivity index (χ1n) is 5.51. The van der Waals surface area contributed by atoms with Gasteiger partial charge in [0.25, 0.3) is 0 Å². The van der Waals surface area contributed by atoms with E-state index in [0.29, 0.717) is 12.8 Å². The molecule has 0 radical (unpaired) electrons. The minimum Gasteiger partial charge on any atom is -0.326 e. The monoisotopic (exact) mass is 279 g/mol. The predicted molar refractivity (Wildman–Crippen MR) is 64.6 cm³/mol. The van der Waals surface area contributed by atoms with Crippen LogP contribution in [0.1, 0.15) is 31.7 Å². The zero-order valence-electron chi connectivity index (χ0n) is 9.77. The number of nitrogens with one attached hydrogen (secondary N) is 1. The fraction of sp³-hybridized carbons (Fsp3) is 0.417. The van der Waals surface area contributed by atoms with Gasteiger partial charge >= 0.3 is 6.18 Å². The standard InChI is InChI=1S/C12H13ClF3NO/c1-2-3-4-11(18)17-8-5-6-10(13)9(7-8)12(14,15)16/h5-7H,2-4H2,1H3,(H,17,18). The summed E-state index contributed by atoms with van der Waals surface area (Å²) in [5, 5.41) is 2.04. The fourth-order valence-electron chi connectivity index (χ4n) is 1.38. The maximum atomic E-state index is 12.6. The van der Waals surface area contributed by atoms with Crippen molar-refractivity contribution in [3.05, 3.63) is 28.8 Å². The highest BCUT2D eigenvalue weighted by molar-refractivity contribution is 6.31.